The van der Waals surface area contributed by atoms with Crippen molar-refractivity contribution < 1.29 is 8.42 Å². The van der Waals surface area contributed by atoms with Crippen LogP contribution in [0.5, 0.6) is 0 Å². The van der Waals surface area contributed by atoms with Gasteiger partial charge in [-0.2, -0.15) is 10.4 Å². The molecule has 1 saturated heterocycles. The third kappa shape index (κ3) is 2.81. The zero-order valence-electron chi connectivity index (χ0n) is 13.9. The van der Waals surface area contributed by atoms with E-state index in [0.717, 1.165) is 31.9 Å². The molecule has 8 heteroatoms. The fourth-order valence-electron chi connectivity index (χ4n) is 3.15. The first-order valence-corrected chi connectivity index (χ1v) is 9.77. The van der Waals surface area contributed by atoms with Crippen LogP contribution in [0.4, 0.5) is 5.69 Å². The Morgan fingerprint density at radius 2 is 1.92 bits per heavy atom. The summed E-state index contributed by atoms with van der Waals surface area (Å²) in [4.78, 5) is 2.30. The second-order valence-corrected chi connectivity index (χ2v) is 8.02. The first kappa shape index (κ1) is 16.6. The first-order chi connectivity index (χ1) is 12.6. The number of fused-ring (bicyclic) bond motifs is 1. The maximum atomic E-state index is 13.1. The Hall–Kier alpha value is -2.89. The number of aromatic nitrogens is 2. The van der Waals surface area contributed by atoms with Crippen molar-refractivity contribution in [2.45, 2.75) is 9.92 Å². The van der Waals surface area contributed by atoms with Crippen molar-refractivity contribution in [3.8, 4) is 6.07 Å². The molecule has 132 valence electrons. The molecule has 1 aliphatic heterocycles. The average Bonchev–Trinajstić information content (AvgIpc) is 3.12. The number of aromatic amines is 1. The van der Waals surface area contributed by atoms with Crippen molar-refractivity contribution >= 4 is 26.4 Å². The monoisotopic (exact) mass is 367 g/mol. The van der Waals surface area contributed by atoms with Crippen LogP contribution in [0, 0.1) is 11.3 Å². The number of benzene rings is 2. The molecule has 0 spiro atoms. The lowest BCUT2D eigenvalue weighted by Gasteiger charge is -2.29. The number of sulfone groups is 1. The molecule has 0 bridgehead atoms. The fourth-order valence-corrected chi connectivity index (χ4v) is 4.54. The van der Waals surface area contributed by atoms with Gasteiger partial charge in [-0.1, -0.05) is 6.07 Å². The van der Waals surface area contributed by atoms with Gasteiger partial charge in [0.25, 0.3) is 0 Å². The van der Waals surface area contributed by atoms with Crippen molar-refractivity contribution in [3.63, 3.8) is 0 Å². The summed E-state index contributed by atoms with van der Waals surface area (Å²) in [5.74, 6) is 0. The van der Waals surface area contributed by atoms with Crippen LogP contribution in [0.25, 0.3) is 10.9 Å². The van der Waals surface area contributed by atoms with Crippen molar-refractivity contribution in [1.29, 1.82) is 5.26 Å². The molecule has 0 atom stereocenters. The van der Waals surface area contributed by atoms with Crippen LogP contribution in [0.15, 0.2) is 52.4 Å². The van der Waals surface area contributed by atoms with Gasteiger partial charge in [0.1, 0.15) is 0 Å². The topological polar surface area (TPSA) is 102 Å². The van der Waals surface area contributed by atoms with Crippen LogP contribution in [0.2, 0.25) is 0 Å². The second-order valence-electron chi connectivity index (χ2n) is 6.13. The molecule has 2 heterocycles. The highest BCUT2D eigenvalue weighted by Crippen LogP contribution is 2.29. The molecule has 0 aliphatic carbocycles. The van der Waals surface area contributed by atoms with Crippen molar-refractivity contribution in [2.24, 2.45) is 0 Å². The van der Waals surface area contributed by atoms with E-state index < -0.39 is 9.84 Å². The van der Waals surface area contributed by atoms with Crippen molar-refractivity contribution in [2.75, 3.05) is 31.1 Å². The van der Waals surface area contributed by atoms with Gasteiger partial charge in [0, 0.05) is 37.3 Å². The molecular weight excluding hydrogens is 350 g/mol. The maximum absolute atomic E-state index is 13.1. The molecule has 0 saturated carbocycles. The second kappa shape index (κ2) is 6.44. The largest absolute Gasteiger partial charge is 0.369 e. The SMILES string of the molecule is N#Cc1cccc(S(=O)(=O)c2[nH]nc3ccc(N4CCNCC4)cc23)c1. The summed E-state index contributed by atoms with van der Waals surface area (Å²) in [5, 5.41) is 19.8. The highest BCUT2D eigenvalue weighted by molar-refractivity contribution is 7.91. The first-order valence-electron chi connectivity index (χ1n) is 8.28. The van der Waals surface area contributed by atoms with Gasteiger partial charge in [-0.05, 0) is 36.4 Å². The molecule has 0 radical (unpaired) electrons. The van der Waals surface area contributed by atoms with Gasteiger partial charge < -0.3 is 10.2 Å². The number of hydrogen-bond acceptors (Lipinski definition) is 6. The summed E-state index contributed by atoms with van der Waals surface area (Å²) in [7, 11) is -3.80. The number of anilines is 1. The minimum atomic E-state index is -3.80. The van der Waals surface area contributed by atoms with Crippen molar-refractivity contribution in [3.05, 3.63) is 48.0 Å². The zero-order chi connectivity index (χ0) is 18.1. The van der Waals surface area contributed by atoms with E-state index in [1.165, 1.54) is 12.1 Å². The molecule has 2 aromatic carbocycles. The van der Waals surface area contributed by atoms with Crippen molar-refractivity contribution in [1.82, 2.24) is 15.5 Å². The predicted molar refractivity (Wildman–Crippen MR) is 97.8 cm³/mol. The summed E-state index contributed by atoms with van der Waals surface area (Å²) in [5.41, 5.74) is 1.87. The zero-order valence-corrected chi connectivity index (χ0v) is 14.8. The van der Waals surface area contributed by atoms with E-state index >= 15 is 0 Å². The standard InChI is InChI=1S/C18H17N5O2S/c19-12-13-2-1-3-15(10-13)26(24,25)18-16-11-14(4-5-17(16)21-22-18)23-8-6-20-7-9-23/h1-5,10-11,20H,6-9H2,(H,21,22). The molecule has 7 nitrogen and oxygen atoms in total. The number of H-pyrrole nitrogens is 1. The number of nitrogens with one attached hydrogen (secondary N) is 2. The van der Waals surface area contributed by atoms with E-state index in [4.69, 9.17) is 5.26 Å². The number of rotatable bonds is 3. The highest BCUT2D eigenvalue weighted by atomic mass is 32.2. The van der Waals surface area contributed by atoms with Gasteiger partial charge >= 0.3 is 0 Å². The van der Waals surface area contributed by atoms with Gasteiger partial charge in [0.05, 0.1) is 22.0 Å². The van der Waals surface area contributed by atoms with Crippen LogP contribution in [0.3, 0.4) is 0 Å². The molecule has 1 aromatic heterocycles. The number of hydrogen-bond donors (Lipinski definition) is 2. The summed E-state index contributed by atoms with van der Waals surface area (Å²) in [6.45, 7) is 3.54. The van der Waals surface area contributed by atoms with Gasteiger partial charge in [0.2, 0.25) is 9.84 Å². The van der Waals surface area contributed by atoms with E-state index in [-0.39, 0.29) is 9.92 Å². The Morgan fingerprint density at radius 3 is 2.69 bits per heavy atom. The molecule has 3 aromatic rings. The Balaban J connectivity index is 1.81. The smallest absolute Gasteiger partial charge is 0.223 e. The third-order valence-corrected chi connectivity index (χ3v) is 6.25. The molecule has 1 aliphatic rings. The molecule has 0 amide bonds. The maximum Gasteiger partial charge on any atom is 0.223 e. The highest BCUT2D eigenvalue weighted by Gasteiger charge is 2.24. The molecule has 4 rings (SSSR count). The minimum absolute atomic E-state index is 0.0552. The Kier molecular flexibility index (Phi) is 4.11. The van der Waals surface area contributed by atoms with E-state index in [2.05, 4.69) is 20.4 Å². The Bertz CT molecular complexity index is 1110. The van der Waals surface area contributed by atoms with Crippen LogP contribution < -0.4 is 10.2 Å². The van der Waals surface area contributed by atoms with Crippen LogP contribution in [-0.2, 0) is 9.84 Å². The van der Waals surface area contributed by atoms with Gasteiger partial charge in [0.15, 0.2) is 5.03 Å². The average molecular weight is 367 g/mol. The number of nitrogens with zero attached hydrogens (tertiary/aromatic N) is 3. The summed E-state index contributed by atoms with van der Waals surface area (Å²) >= 11 is 0. The summed E-state index contributed by atoms with van der Waals surface area (Å²) in [6, 6.07) is 13.6. The van der Waals surface area contributed by atoms with E-state index in [9.17, 15) is 8.42 Å². The lowest BCUT2D eigenvalue weighted by atomic mass is 10.2. The lowest BCUT2D eigenvalue weighted by molar-refractivity contribution is 0.589. The Labute approximate surface area is 151 Å². The quantitative estimate of drug-likeness (QED) is 0.730. The predicted octanol–water partition coefficient (Wildman–Crippen LogP) is 1.68. The number of nitriles is 1. The number of piperazine rings is 1. The van der Waals surface area contributed by atoms with Gasteiger partial charge in [-0.25, -0.2) is 8.42 Å². The fraction of sp³-hybridized carbons (Fsp3) is 0.222. The van der Waals surface area contributed by atoms with Crippen LogP contribution in [-0.4, -0.2) is 44.8 Å². The molecule has 26 heavy (non-hydrogen) atoms. The summed E-state index contributed by atoms with van der Waals surface area (Å²) < 4.78 is 26.1. The van der Waals surface area contributed by atoms with E-state index in [1.807, 2.05) is 24.3 Å². The third-order valence-electron chi connectivity index (χ3n) is 4.53. The van der Waals surface area contributed by atoms with E-state index in [0.29, 0.717) is 16.5 Å². The minimum Gasteiger partial charge on any atom is -0.369 e. The molecule has 2 N–H and O–H groups in total. The molecule has 0 unspecified atom stereocenters. The lowest BCUT2D eigenvalue weighted by Crippen LogP contribution is -2.43. The molecular formula is C18H17N5O2S. The van der Waals surface area contributed by atoms with E-state index in [1.54, 1.807) is 12.1 Å². The van der Waals surface area contributed by atoms with Crippen LogP contribution >= 0.6 is 0 Å². The summed E-state index contributed by atoms with van der Waals surface area (Å²) in [6.07, 6.45) is 0. The van der Waals surface area contributed by atoms with Gasteiger partial charge in [-0.3, -0.25) is 5.10 Å². The van der Waals surface area contributed by atoms with Crippen LogP contribution in [0.1, 0.15) is 5.56 Å². The molecule has 1 fully saturated rings. The normalized spacial score (nSPS) is 15.1. The van der Waals surface area contributed by atoms with Gasteiger partial charge in [-0.15, -0.1) is 0 Å². The Morgan fingerprint density at radius 1 is 1.12 bits per heavy atom.